The Balaban J connectivity index is 1.64. The van der Waals surface area contributed by atoms with Crippen LogP contribution in [0.15, 0.2) is 37.1 Å². The second-order valence-electron chi connectivity index (χ2n) is 6.41. The van der Waals surface area contributed by atoms with Crippen LogP contribution < -0.4 is 0 Å². The van der Waals surface area contributed by atoms with Gasteiger partial charge in [-0.2, -0.15) is 0 Å². The van der Waals surface area contributed by atoms with E-state index in [0.717, 1.165) is 57.7 Å². The van der Waals surface area contributed by atoms with E-state index in [1.807, 2.05) is 29.4 Å². The Morgan fingerprint density at radius 2 is 1.96 bits per heavy atom. The van der Waals surface area contributed by atoms with E-state index in [1.165, 1.54) is 11.9 Å². The van der Waals surface area contributed by atoms with Crippen LogP contribution in [0.1, 0.15) is 41.4 Å². The van der Waals surface area contributed by atoms with Crippen molar-refractivity contribution in [1.29, 1.82) is 0 Å². The Bertz CT molecular complexity index is 691. The van der Waals surface area contributed by atoms with Crippen molar-refractivity contribution in [3.63, 3.8) is 0 Å². The molecule has 6 nitrogen and oxygen atoms in total. The third-order valence-corrected chi connectivity index (χ3v) is 4.54. The summed E-state index contributed by atoms with van der Waals surface area (Å²) in [5.74, 6) is 0.0646. The van der Waals surface area contributed by atoms with Gasteiger partial charge >= 0.3 is 0 Å². The molecule has 25 heavy (non-hydrogen) atoms. The van der Waals surface area contributed by atoms with E-state index in [0.29, 0.717) is 5.56 Å². The largest absolute Gasteiger partial charge is 0.337 e. The highest BCUT2D eigenvalue weighted by Crippen LogP contribution is 2.14. The van der Waals surface area contributed by atoms with E-state index in [1.54, 1.807) is 6.20 Å². The van der Waals surface area contributed by atoms with Gasteiger partial charge in [0.2, 0.25) is 0 Å². The smallest absolute Gasteiger partial charge is 0.257 e. The van der Waals surface area contributed by atoms with Crippen LogP contribution in [0, 0.1) is 0 Å². The highest BCUT2D eigenvalue weighted by atomic mass is 16.2. The molecule has 0 bridgehead atoms. The summed E-state index contributed by atoms with van der Waals surface area (Å²) in [6.45, 7) is 6.40. The van der Waals surface area contributed by atoms with Gasteiger partial charge < -0.3 is 4.90 Å². The van der Waals surface area contributed by atoms with E-state index in [4.69, 9.17) is 0 Å². The number of pyridine rings is 1. The molecular weight excluding hydrogens is 314 g/mol. The summed E-state index contributed by atoms with van der Waals surface area (Å²) in [6.07, 6.45) is 9.61. The molecule has 2 aromatic rings. The average molecular weight is 339 g/mol. The number of hydrogen-bond donors (Lipinski definition) is 0. The number of aromatic nitrogens is 3. The molecule has 1 aliphatic rings. The van der Waals surface area contributed by atoms with Crippen LogP contribution in [-0.4, -0.2) is 56.8 Å². The van der Waals surface area contributed by atoms with Gasteiger partial charge in [0.1, 0.15) is 6.33 Å². The van der Waals surface area contributed by atoms with Crippen LogP contribution in [0.3, 0.4) is 0 Å². The Morgan fingerprint density at radius 3 is 2.76 bits per heavy atom. The summed E-state index contributed by atoms with van der Waals surface area (Å²) < 4.78 is 0. The van der Waals surface area contributed by atoms with E-state index in [-0.39, 0.29) is 5.91 Å². The number of carbonyl (C=O) groups is 1. The zero-order valence-corrected chi connectivity index (χ0v) is 14.8. The molecule has 132 valence electrons. The maximum atomic E-state index is 12.9. The van der Waals surface area contributed by atoms with Crippen molar-refractivity contribution in [2.24, 2.45) is 0 Å². The van der Waals surface area contributed by atoms with Crippen LogP contribution in [0.25, 0.3) is 0 Å². The summed E-state index contributed by atoms with van der Waals surface area (Å²) in [7, 11) is 0. The predicted octanol–water partition coefficient (Wildman–Crippen LogP) is 2.17. The normalized spacial score (nSPS) is 15.8. The van der Waals surface area contributed by atoms with Gasteiger partial charge in [-0.15, -0.1) is 0 Å². The zero-order valence-electron chi connectivity index (χ0n) is 14.8. The van der Waals surface area contributed by atoms with Crippen molar-refractivity contribution in [3.8, 4) is 0 Å². The molecule has 0 unspecified atom stereocenters. The van der Waals surface area contributed by atoms with Gasteiger partial charge in [-0.3, -0.25) is 14.7 Å². The van der Waals surface area contributed by atoms with E-state index in [2.05, 4.69) is 26.8 Å². The topological polar surface area (TPSA) is 62.2 Å². The second kappa shape index (κ2) is 8.67. The lowest BCUT2D eigenvalue weighted by molar-refractivity contribution is 0.0759. The molecule has 0 radical (unpaired) electrons. The molecule has 6 heteroatoms. The predicted molar refractivity (Wildman–Crippen MR) is 96.1 cm³/mol. The highest BCUT2D eigenvalue weighted by molar-refractivity contribution is 5.95. The number of aryl methyl sites for hydroxylation is 1. The summed E-state index contributed by atoms with van der Waals surface area (Å²) in [5, 5.41) is 0. The molecular formula is C19H25N5O. The van der Waals surface area contributed by atoms with Gasteiger partial charge in [-0.25, -0.2) is 9.97 Å². The van der Waals surface area contributed by atoms with E-state index < -0.39 is 0 Å². The molecule has 0 aromatic carbocycles. The fraction of sp³-hybridized carbons (Fsp3) is 0.474. The first kappa shape index (κ1) is 17.5. The summed E-state index contributed by atoms with van der Waals surface area (Å²) >= 11 is 0. The first-order valence-electron chi connectivity index (χ1n) is 8.97. The molecule has 1 amide bonds. The third-order valence-electron chi connectivity index (χ3n) is 4.54. The first-order chi connectivity index (χ1) is 12.3. The van der Waals surface area contributed by atoms with Gasteiger partial charge in [0.15, 0.2) is 0 Å². The van der Waals surface area contributed by atoms with Crippen molar-refractivity contribution >= 4 is 5.91 Å². The number of amides is 1. The van der Waals surface area contributed by atoms with Gasteiger partial charge in [0.05, 0.1) is 11.3 Å². The highest BCUT2D eigenvalue weighted by Gasteiger charge is 2.22. The lowest BCUT2D eigenvalue weighted by Gasteiger charge is -2.22. The molecule has 0 spiro atoms. The standard InChI is InChI=1S/C19H25N5O/c1-2-4-18-17(13-21-15-22-18)19(25)24-10-3-9-23(11-12-24)14-16-5-7-20-8-6-16/h5-8,13,15H,2-4,9-12,14H2,1H3. The molecule has 0 saturated carbocycles. The van der Waals surface area contributed by atoms with Crippen molar-refractivity contribution in [2.45, 2.75) is 32.7 Å². The fourth-order valence-electron chi connectivity index (χ4n) is 3.22. The van der Waals surface area contributed by atoms with E-state index in [9.17, 15) is 4.79 Å². The minimum absolute atomic E-state index is 0.0646. The molecule has 1 fully saturated rings. The van der Waals surface area contributed by atoms with Crippen molar-refractivity contribution in [2.75, 3.05) is 26.2 Å². The molecule has 1 aliphatic heterocycles. The van der Waals surface area contributed by atoms with Crippen molar-refractivity contribution in [1.82, 2.24) is 24.8 Å². The average Bonchev–Trinajstić information content (AvgIpc) is 2.88. The van der Waals surface area contributed by atoms with Gasteiger partial charge in [0.25, 0.3) is 5.91 Å². The van der Waals surface area contributed by atoms with Crippen LogP contribution in [0.2, 0.25) is 0 Å². The lowest BCUT2D eigenvalue weighted by Crippen LogP contribution is -2.35. The third kappa shape index (κ3) is 4.60. The molecule has 3 rings (SSSR count). The summed E-state index contributed by atoms with van der Waals surface area (Å²) in [6, 6.07) is 4.10. The van der Waals surface area contributed by atoms with Gasteiger partial charge in [-0.1, -0.05) is 13.3 Å². The minimum atomic E-state index is 0.0646. The first-order valence-corrected chi connectivity index (χ1v) is 8.97. The van der Waals surface area contributed by atoms with Gasteiger partial charge in [0, 0.05) is 51.3 Å². The minimum Gasteiger partial charge on any atom is -0.337 e. The number of hydrogen-bond acceptors (Lipinski definition) is 5. The number of carbonyl (C=O) groups excluding carboxylic acids is 1. The zero-order chi connectivity index (χ0) is 17.5. The molecule has 1 saturated heterocycles. The Hall–Kier alpha value is -2.34. The molecule has 3 heterocycles. The lowest BCUT2D eigenvalue weighted by atomic mass is 10.1. The number of nitrogens with zero attached hydrogens (tertiary/aromatic N) is 5. The van der Waals surface area contributed by atoms with Crippen LogP contribution in [0.5, 0.6) is 0 Å². The van der Waals surface area contributed by atoms with Crippen LogP contribution >= 0.6 is 0 Å². The summed E-state index contributed by atoms with van der Waals surface area (Å²) in [4.78, 5) is 29.7. The maximum Gasteiger partial charge on any atom is 0.257 e. The quantitative estimate of drug-likeness (QED) is 0.835. The summed E-state index contributed by atoms with van der Waals surface area (Å²) in [5.41, 5.74) is 2.78. The molecule has 0 aliphatic carbocycles. The Kier molecular flexibility index (Phi) is 6.06. The van der Waals surface area contributed by atoms with Crippen molar-refractivity contribution < 1.29 is 4.79 Å². The maximum absolute atomic E-state index is 12.9. The van der Waals surface area contributed by atoms with E-state index >= 15 is 0 Å². The van der Waals surface area contributed by atoms with Gasteiger partial charge in [-0.05, 0) is 30.5 Å². The molecule has 0 N–H and O–H groups in total. The fourth-order valence-corrected chi connectivity index (χ4v) is 3.22. The Labute approximate surface area is 148 Å². The van der Waals surface area contributed by atoms with Crippen LogP contribution in [0.4, 0.5) is 0 Å². The second-order valence-corrected chi connectivity index (χ2v) is 6.41. The molecule has 0 atom stereocenters. The van der Waals surface area contributed by atoms with Crippen LogP contribution in [-0.2, 0) is 13.0 Å². The SMILES string of the molecule is CCCc1ncncc1C(=O)N1CCCN(Cc2ccncc2)CC1. The molecule has 2 aromatic heterocycles. The monoisotopic (exact) mass is 339 g/mol. The van der Waals surface area contributed by atoms with Crippen molar-refractivity contribution in [3.05, 3.63) is 53.9 Å². The Morgan fingerprint density at radius 1 is 1.12 bits per heavy atom. The number of rotatable bonds is 5.